The van der Waals surface area contributed by atoms with Crippen molar-refractivity contribution in [1.29, 1.82) is 0 Å². The van der Waals surface area contributed by atoms with Crippen molar-refractivity contribution < 1.29 is 4.79 Å². The van der Waals surface area contributed by atoms with E-state index in [2.05, 4.69) is 18.8 Å². The first-order valence-corrected chi connectivity index (χ1v) is 5.31. The largest absolute Gasteiger partial charge is 0.344 e. The number of carbonyl (C=O) groups is 1. The normalized spacial score (nSPS) is 10.7. The van der Waals surface area contributed by atoms with E-state index in [0.29, 0.717) is 12.5 Å². The van der Waals surface area contributed by atoms with E-state index >= 15 is 0 Å². The molecule has 1 heterocycles. The maximum absolute atomic E-state index is 11.7. The number of imidazole rings is 1. The standard InChI is InChI=1S/C11H19N3O/c1-5-13(4)10(15)8-14-7-6-12-11(14)9(2)3/h6-7,9H,5,8H2,1-4H3. The summed E-state index contributed by atoms with van der Waals surface area (Å²) >= 11 is 0. The van der Waals surface area contributed by atoms with E-state index in [0.717, 1.165) is 12.4 Å². The van der Waals surface area contributed by atoms with Crippen LogP contribution < -0.4 is 0 Å². The summed E-state index contributed by atoms with van der Waals surface area (Å²) in [4.78, 5) is 17.7. The maximum atomic E-state index is 11.7. The lowest BCUT2D eigenvalue weighted by molar-refractivity contribution is -0.130. The topological polar surface area (TPSA) is 38.1 Å². The van der Waals surface area contributed by atoms with Crippen molar-refractivity contribution in [3.05, 3.63) is 18.2 Å². The van der Waals surface area contributed by atoms with Crippen LogP contribution >= 0.6 is 0 Å². The summed E-state index contributed by atoms with van der Waals surface area (Å²) < 4.78 is 1.92. The molecular weight excluding hydrogens is 190 g/mol. The first-order chi connectivity index (χ1) is 7.06. The SMILES string of the molecule is CCN(C)C(=O)Cn1ccnc1C(C)C. The van der Waals surface area contributed by atoms with Crippen LogP contribution in [0, 0.1) is 0 Å². The van der Waals surface area contributed by atoms with E-state index < -0.39 is 0 Å². The lowest BCUT2D eigenvalue weighted by Crippen LogP contribution is -2.30. The smallest absolute Gasteiger partial charge is 0.242 e. The Morgan fingerprint density at radius 1 is 1.60 bits per heavy atom. The average Bonchev–Trinajstić information content (AvgIpc) is 2.64. The molecule has 15 heavy (non-hydrogen) atoms. The van der Waals surface area contributed by atoms with E-state index in [1.54, 1.807) is 11.1 Å². The molecule has 0 aliphatic carbocycles. The highest BCUT2D eigenvalue weighted by molar-refractivity contribution is 5.75. The summed E-state index contributed by atoms with van der Waals surface area (Å²) in [6.07, 6.45) is 3.60. The van der Waals surface area contributed by atoms with Gasteiger partial charge in [0, 0.05) is 31.9 Å². The third-order valence-electron chi connectivity index (χ3n) is 2.47. The van der Waals surface area contributed by atoms with Crippen molar-refractivity contribution >= 4 is 5.91 Å². The predicted molar refractivity (Wildman–Crippen MR) is 59.6 cm³/mol. The van der Waals surface area contributed by atoms with Gasteiger partial charge in [-0.1, -0.05) is 13.8 Å². The van der Waals surface area contributed by atoms with Gasteiger partial charge in [0.2, 0.25) is 5.91 Å². The number of nitrogens with zero attached hydrogens (tertiary/aromatic N) is 3. The molecule has 0 atom stereocenters. The van der Waals surface area contributed by atoms with E-state index in [9.17, 15) is 4.79 Å². The van der Waals surface area contributed by atoms with Crippen LogP contribution in [0.15, 0.2) is 12.4 Å². The molecule has 0 aromatic carbocycles. The van der Waals surface area contributed by atoms with Crippen LogP contribution in [-0.2, 0) is 11.3 Å². The molecular formula is C11H19N3O. The summed E-state index contributed by atoms with van der Waals surface area (Å²) in [5, 5.41) is 0. The first-order valence-electron chi connectivity index (χ1n) is 5.31. The van der Waals surface area contributed by atoms with Gasteiger partial charge in [-0.3, -0.25) is 4.79 Å². The minimum absolute atomic E-state index is 0.123. The molecule has 0 spiro atoms. The molecule has 0 unspecified atom stereocenters. The summed E-state index contributed by atoms with van der Waals surface area (Å²) in [6, 6.07) is 0. The molecule has 0 saturated heterocycles. The quantitative estimate of drug-likeness (QED) is 0.753. The molecule has 4 nitrogen and oxygen atoms in total. The van der Waals surface area contributed by atoms with Gasteiger partial charge in [-0.2, -0.15) is 0 Å². The fraction of sp³-hybridized carbons (Fsp3) is 0.636. The van der Waals surface area contributed by atoms with Crippen molar-refractivity contribution in [3.63, 3.8) is 0 Å². The number of aromatic nitrogens is 2. The Labute approximate surface area is 90.9 Å². The zero-order valence-electron chi connectivity index (χ0n) is 9.90. The van der Waals surface area contributed by atoms with Crippen LogP contribution in [0.2, 0.25) is 0 Å². The van der Waals surface area contributed by atoms with E-state index in [1.807, 2.05) is 24.7 Å². The highest BCUT2D eigenvalue weighted by Gasteiger charge is 2.12. The third-order valence-corrected chi connectivity index (χ3v) is 2.47. The van der Waals surface area contributed by atoms with Crippen LogP contribution in [0.5, 0.6) is 0 Å². The minimum Gasteiger partial charge on any atom is -0.344 e. The van der Waals surface area contributed by atoms with Crippen LogP contribution in [0.25, 0.3) is 0 Å². The Morgan fingerprint density at radius 3 is 2.80 bits per heavy atom. The third kappa shape index (κ3) is 2.81. The number of rotatable bonds is 4. The van der Waals surface area contributed by atoms with Crippen LogP contribution in [-0.4, -0.2) is 34.0 Å². The molecule has 0 saturated carbocycles. The molecule has 0 aliphatic rings. The monoisotopic (exact) mass is 209 g/mol. The van der Waals surface area contributed by atoms with Crippen molar-refractivity contribution in [2.75, 3.05) is 13.6 Å². The van der Waals surface area contributed by atoms with Gasteiger partial charge in [0.25, 0.3) is 0 Å². The van der Waals surface area contributed by atoms with Crippen LogP contribution in [0.1, 0.15) is 32.5 Å². The van der Waals surface area contributed by atoms with Gasteiger partial charge in [0.1, 0.15) is 12.4 Å². The number of likely N-dealkylation sites (N-methyl/N-ethyl adjacent to an activating group) is 1. The second-order valence-corrected chi connectivity index (χ2v) is 3.98. The molecule has 0 aliphatic heterocycles. The Kier molecular flexibility index (Phi) is 3.88. The maximum Gasteiger partial charge on any atom is 0.242 e. The summed E-state index contributed by atoms with van der Waals surface area (Å²) in [5.41, 5.74) is 0. The highest BCUT2D eigenvalue weighted by Crippen LogP contribution is 2.11. The minimum atomic E-state index is 0.123. The van der Waals surface area contributed by atoms with Gasteiger partial charge in [-0.15, -0.1) is 0 Å². The Balaban J connectivity index is 2.72. The number of carbonyl (C=O) groups excluding carboxylic acids is 1. The Bertz CT molecular complexity index is 330. The molecule has 0 bridgehead atoms. The lowest BCUT2D eigenvalue weighted by Gasteiger charge is -2.16. The number of hydrogen-bond acceptors (Lipinski definition) is 2. The molecule has 1 aromatic heterocycles. The summed E-state index contributed by atoms with van der Waals surface area (Å²) in [6.45, 7) is 7.25. The molecule has 4 heteroatoms. The number of hydrogen-bond donors (Lipinski definition) is 0. The van der Waals surface area contributed by atoms with Crippen LogP contribution in [0.4, 0.5) is 0 Å². The average molecular weight is 209 g/mol. The van der Waals surface area contributed by atoms with Gasteiger partial charge in [-0.05, 0) is 6.92 Å². The summed E-state index contributed by atoms with van der Waals surface area (Å²) in [5.74, 6) is 1.44. The predicted octanol–water partition coefficient (Wildman–Crippen LogP) is 1.48. The highest BCUT2D eigenvalue weighted by atomic mass is 16.2. The lowest BCUT2D eigenvalue weighted by atomic mass is 10.2. The Hall–Kier alpha value is -1.32. The van der Waals surface area contributed by atoms with Gasteiger partial charge >= 0.3 is 0 Å². The van der Waals surface area contributed by atoms with E-state index in [4.69, 9.17) is 0 Å². The molecule has 1 amide bonds. The molecule has 84 valence electrons. The van der Waals surface area contributed by atoms with Crippen LogP contribution in [0.3, 0.4) is 0 Å². The summed E-state index contributed by atoms with van der Waals surface area (Å²) in [7, 11) is 1.81. The van der Waals surface area contributed by atoms with E-state index in [-0.39, 0.29) is 5.91 Å². The molecule has 1 rings (SSSR count). The van der Waals surface area contributed by atoms with Crippen molar-refractivity contribution in [2.45, 2.75) is 33.2 Å². The molecule has 0 radical (unpaired) electrons. The molecule has 1 aromatic rings. The molecule has 0 fully saturated rings. The van der Waals surface area contributed by atoms with Crippen molar-refractivity contribution in [2.24, 2.45) is 0 Å². The first kappa shape index (κ1) is 11.8. The van der Waals surface area contributed by atoms with Crippen molar-refractivity contribution in [1.82, 2.24) is 14.5 Å². The fourth-order valence-electron chi connectivity index (χ4n) is 1.40. The van der Waals surface area contributed by atoms with Crippen molar-refractivity contribution in [3.8, 4) is 0 Å². The zero-order chi connectivity index (χ0) is 11.4. The zero-order valence-corrected chi connectivity index (χ0v) is 9.90. The van der Waals surface area contributed by atoms with Gasteiger partial charge < -0.3 is 9.47 Å². The second-order valence-electron chi connectivity index (χ2n) is 3.98. The van der Waals surface area contributed by atoms with Gasteiger partial charge in [-0.25, -0.2) is 4.98 Å². The second kappa shape index (κ2) is 4.96. The van der Waals surface area contributed by atoms with E-state index in [1.165, 1.54) is 0 Å². The number of amides is 1. The fourth-order valence-corrected chi connectivity index (χ4v) is 1.40. The van der Waals surface area contributed by atoms with Gasteiger partial charge in [0.05, 0.1) is 0 Å². The molecule has 0 N–H and O–H groups in total. The Morgan fingerprint density at radius 2 is 2.27 bits per heavy atom. The van der Waals surface area contributed by atoms with Gasteiger partial charge in [0.15, 0.2) is 0 Å².